The zero-order valence-electron chi connectivity index (χ0n) is 12.7. The summed E-state index contributed by atoms with van der Waals surface area (Å²) in [5.74, 6) is -2.97. The summed E-state index contributed by atoms with van der Waals surface area (Å²) >= 11 is 0. The van der Waals surface area contributed by atoms with Gasteiger partial charge in [-0.1, -0.05) is 0 Å². The van der Waals surface area contributed by atoms with Crippen molar-refractivity contribution in [1.82, 2.24) is 5.32 Å². The van der Waals surface area contributed by atoms with E-state index in [-0.39, 0.29) is 17.9 Å². The first-order chi connectivity index (χ1) is 10.8. The zero-order valence-corrected chi connectivity index (χ0v) is 12.7. The molecular weight excluding hydrogens is 306 g/mol. The monoisotopic (exact) mass is 323 g/mol. The molecule has 0 saturated heterocycles. The van der Waals surface area contributed by atoms with Crippen LogP contribution in [0.4, 0.5) is 0 Å². The largest absolute Gasteiger partial charge is 0.480 e. The summed E-state index contributed by atoms with van der Waals surface area (Å²) in [7, 11) is 0. The van der Waals surface area contributed by atoms with E-state index >= 15 is 0 Å². The number of benzene rings is 1. The number of hydrogen-bond donors (Lipinski definition) is 2. The Hall–Kier alpha value is -2.90. The molecule has 8 nitrogen and oxygen atoms in total. The standard InChI is InChI=1S/C15H17NO7/c1-3-22-13(18)8-12(15(20)21)16-14(19)10-4-6-11(7-5-10)23-9(2)17/h4-7,12H,3,8H2,1-2H3,(H,16,19)(H,20,21)/t12-/m0/s1. The lowest BCUT2D eigenvalue weighted by Crippen LogP contribution is -2.42. The Morgan fingerprint density at radius 2 is 1.78 bits per heavy atom. The van der Waals surface area contributed by atoms with Crippen LogP contribution in [0.5, 0.6) is 5.75 Å². The molecule has 2 N–H and O–H groups in total. The molecule has 0 spiro atoms. The highest BCUT2D eigenvalue weighted by Gasteiger charge is 2.24. The van der Waals surface area contributed by atoms with Gasteiger partial charge in [0.05, 0.1) is 13.0 Å². The number of carbonyl (C=O) groups excluding carboxylic acids is 3. The van der Waals surface area contributed by atoms with Crippen molar-refractivity contribution in [3.63, 3.8) is 0 Å². The number of carbonyl (C=O) groups is 4. The topological polar surface area (TPSA) is 119 Å². The number of carboxylic acids is 1. The molecule has 23 heavy (non-hydrogen) atoms. The van der Waals surface area contributed by atoms with Crippen LogP contribution in [0.2, 0.25) is 0 Å². The van der Waals surface area contributed by atoms with E-state index in [4.69, 9.17) is 9.84 Å². The van der Waals surface area contributed by atoms with E-state index in [1.807, 2.05) is 0 Å². The molecule has 0 aliphatic heterocycles. The van der Waals surface area contributed by atoms with Crippen LogP contribution in [0.1, 0.15) is 30.6 Å². The molecule has 8 heteroatoms. The number of amides is 1. The fourth-order valence-corrected chi connectivity index (χ4v) is 1.67. The first-order valence-electron chi connectivity index (χ1n) is 6.81. The van der Waals surface area contributed by atoms with Crippen molar-refractivity contribution in [2.24, 2.45) is 0 Å². The third kappa shape index (κ3) is 6.16. The van der Waals surface area contributed by atoms with Crippen molar-refractivity contribution in [3.05, 3.63) is 29.8 Å². The van der Waals surface area contributed by atoms with Gasteiger partial charge in [-0.3, -0.25) is 14.4 Å². The minimum absolute atomic E-state index is 0.122. The molecule has 0 unspecified atom stereocenters. The van der Waals surface area contributed by atoms with Crippen LogP contribution in [0.15, 0.2) is 24.3 Å². The summed E-state index contributed by atoms with van der Waals surface area (Å²) in [5.41, 5.74) is 0.163. The maximum atomic E-state index is 12.0. The van der Waals surface area contributed by atoms with Crippen LogP contribution >= 0.6 is 0 Å². The molecule has 1 aromatic carbocycles. The molecule has 1 rings (SSSR count). The summed E-state index contributed by atoms with van der Waals surface area (Å²) in [5, 5.41) is 11.3. The molecule has 0 radical (unpaired) electrons. The van der Waals surface area contributed by atoms with Crippen molar-refractivity contribution < 1.29 is 33.8 Å². The molecular formula is C15H17NO7. The van der Waals surface area contributed by atoms with Crippen LogP contribution < -0.4 is 10.1 Å². The second-order valence-electron chi connectivity index (χ2n) is 4.49. The van der Waals surface area contributed by atoms with Gasteiger partial charge in [-0.15, -0.1) is 0 Å². The van der Waals surface area contributed by atoms with E-state index in [0.717, 1.165) is 0 Å². The molecule has 0 aliphatic rings. The van der Waals surface area contributed by atoms with Crippen LogP contribution in [-0.2, 0) is 19.1 Å². The second kappa shape index (κ2) is 8.52. The number of hydrogen-bond acceptors (Lipinski definition) is 6. The predicted octanol–water partition coefficient (Wildman–Crippen LogP) is 0.748. The highest BCUT2D eigenvalue weighted by atomic mass is 16.5. The van der Waals surface area contributed by atoms with E-state index in [9.17, 15) is 19.2 Å². The molecule has 0 saturated carbocycles. The Morgan fingerprint density at radius 3 is 2.26 bits per heavy atom. The Bertz CT molecular complexity index is 594. The van der Waals surface area contributed by atoms with Crippen molar-refractivity contribution >= 4 is 23.8 Å². The van der Waals surface area contributed by atoms with Crippen molar-refractivity contribution in [2.45, 2.75) is 26.3 Å². The number of ether oxygens (including phenoxy) is 2. The van der Waals surface area contributed by atoms with Gasteiger partial charge in [0.25, 0.3) is 5.91 Å². The maximum Gasteiger partial charge on any atom is 0.326 e. The highest BCUT2D eigenvalue weighted by Crippen LogP contribution is 2.12. The summed E-state index contributed by atoms with van der Waals surface area (Å²) in [6.07, 6.45) is -0.472. The third-order valence-electron chi connectivity index (χ3n) is 2.66. The Morgan fingerprint density at radius 1 is 1.17 bits per heavy atom. The van der Waals surface area contributed by atoms with Gasteiger partial charge in [-0.2, -0.15) is 0 Å². The Labute approximate surface area is 132 Å². The number of esters is 2. The average Bonchev–Trinajstić information content (AvgIpc) is 2.46. The molecule has 0 bridgehead atoms. The van der Waals surface area contributed by atoms with E-state index in [2.05, 4.69) is 10.1 Å². The van der Waals surface area contributed by atoms with Crippen LogP contribution in [0.25, 0.3) is 0 Å². The van der Waals surface area contributed by atoms with E-state index in [1.54, 1.807) is 6.92 Å². The summed E-state index contributed by atoms with van der Waals surface area (Å²) in [4.78, 5) is 45.2. The molecule has 1 amide bonds. The smallest absolute Gasteiger partial charge is 0.326 e. The molecule has 124 valence electrons. The maximum absolute atomic E-state index is 12.0. The lowest BCUT2D eigenvalue weighted by Gasteiger charge is -2.14. The molecule has 0 aromatic heterocycles. The quantitative estimate of drug-likeness (QED) is 0.561. The van der Waals surface area contributed by atoms with Gasteiger partial charge in [0.2, 0.25) is 0 Å². The SMILES string of the molecule is CCOC(=O)C[C@H](NC(=O)c1ccc(OC(C)=O)cc1)C(=O)O. The van der Waals surface area contributed by atoms with E-state index in [0.29, 0.717) is 0 Å². The van der Waals surface area contributed by atoms with Crippen LogP contribution in [0.3, 0.4) is 0 Å². The lowest BCUT2D eigenvalue weighted by molar-refractivity contribution is -0.149. The fraction of sp³-hybridized carbons (Fsp3) is 0.333. The normalized spacial score (nSPS) is 11.2. The van der Waals surface area contributed by atoms with Crippen molar-refractivity contribution in [2.75, 3.05) is 6.61 Å². The summed E-state index contributed by atoms with van der Waals surface area (Å²) in [6, 6.07) is 4.15. The van der Waals surface area contributed by atoms with Crippen molar-refractivity contribution in [1.29, 1.82) is 0 Å². The second-order valence-corrected chi connectivity index (χ2v) is 4.49. The van der Waals surface area contributed by atoms with Crippen LogP contribution in [0, 0.1) is 0 Å². The average molecular weight is 323 g/mol. The third-order valence-corrected chi connectivity index (χ3v) is 2.66. The fourth-order valence-electron chi connectivity index (χ4n) is 1.67. The van der Waals surface area contributed by atoms with Gasteiger partial charge in [0, 0.05) is 12.5 Å². The lowest BCUT2D eigenvalue weighted by atomic mass is 10.1. The highest BCUT2D eigenvalue weighted by molar-refractivity contribution is 5.97. The van der Waals surface area contributed by atoms with Gasteiger partial charge in [0.1, 0.15) is 11.8 Å². The zero-order chi connectivity index (χ0) is 17.4. The number of carboxylic acid groups (broad SMARTS) is 1. The minimum Gasteiger partial charge on any atom is -0.480 e. The van der Waals surface area contributed by atoms with Crippen LogP contribution in [-0.4, -0.2) is 41.6 Å². The van der Waals surface area contributed by atoms with Gasteiger partial charge < -0.3 is 19.9 Å². The summed E-state index contributed by atoms with van der Waals surface area (Å²) in [6.45, 7) is 2.96. The Kier molecular flexibility index (Phi) is 6.72. The number of nitrogens with one attached hydrogen (secondary N) is 1. The van der Waals surface area contributed by atoms with Gasteiger partial charge in [0.15, 0.2) is 0 Å². The predicted molar refractivity (Wildman–Crippen MR) is 77.9 cm³/mol. The first kappa shape index (κ1) is 18.1. The molecule has 0 fully saturated rings. The number of rotatable bonds is 7. The van der Waals surface area contributed by atoms with Gasteiger partial charge in [-0.05, 0) is 31.2 Å². The van der Waals surface area contributed by atoms with Crippen molar-refractivity contribution in [3.8, 4) is 5.75 Å². The Balaban J connectivity index is 2.73. The van der Waals surface area contributed by atoms with Gasteiger partial charge >= 0.3 is 17.9 Å². The molecule has 1 aromatic rings. The first-order valence-corrected chi connectivity index (χ1v) is 6.81. The molecule has 0 heterocycles. The minimum atomic E-state index is -1.39. The van der Waals surface area contributed by atoms with E-state index < -0.39 is 36.3 Å². The van der Waals surface area contributed by atoms with Gasteiger partial charge in [-0.25, -0.2) is 4.79 Å². The van der Waals surface area contributed by atoms with E-state index in [1.165, 1.54) is 31.2 Å². The molecule has 0 aliphatic carbocycles. The molecule has 1 atom stereocenters. The number of aliphatic carboxylic acids is 1. The summed E-state index contributed by atoms with van der Waals surface area (Å²) < 4.78 is 9.48.